The summed E-state index contributed by atoms with van der Waals surface area (Å²) < 4.78 is 10.2. The molecule has 0 amide bonds. The van der Waals surface area contributed by atoms with Crippen LogP contribution < -0.4 is 0 Å². The summed E-state index contributed by atoms with van der Waals surface area (Å²) in [5.74, 6) is -1.44. The lowest BCUT2D eigenvalue weighted by molar-refractivity contribution is 0.0473. The van der Waals surface area contributed by atoms with Crippen LogP contribution in [-0.2, 0) is 9.47 Å². The maximum atomic E-state index is 12.4. The van der Waals surface area contributed by atoms with E-state index in [4.69, 9.17) is 9.47 Å². The normalized spacial score (nSPS) is 10.5. The molecule has 0 saturated heterocycles. The minimum absolute atomic E-state index is 0.220. The van der Waals surface area contributed by atoms with Gasteiger partial charge in [-0.3, -0.25) is 4.79 Å². The average Bonchev–Trinajstić information content (AvgIpc) is 2.89. The number of benzene rings is 1. The zero-order chi connectivity index (χ0) is 19.4. The molecule has 0 fully saturated rings. The van der Waals surface area contributed by atoms with E-state index in [1.54, 1.807) is 26.8 Å². The topological polar surface area (TPSA) is 85.5 Å². The van der Waals surface area contributed by atoms with Crippen LogP contribution in [0.25, 0.3) is 0 Å². The number of aromatic amines is 1. The number of H-pyrrole nitrogens is 1. The molecule has 1 aromatic carbocycles. The number of aryl methyl sites for hydroxylation is 3. The summed E-state index contributed by atoms with van der Waals surface area (Å²) in [7, 11) is 0. The van der Waals surface area contributed by atoms with Crippen LogP contribution >= 0.6 is 0 Å². The number of rotatable bonds is 6. The average molecular weight is 357 g/mol. The third-order valence-electron chi connectivity index (χ3n) is 4.15. The molecule has 0 aliphatic rings. The highest BCUT2D eigenvalue weighted by Crippen LogP contribution is 2.20. The number of aromatic nitrogens is 1. The Bertz CT molecular complexity index is 863. The van der Waals surface area contributed by atoms with Gasteiger partial charge in [0.1, 0.15) is 5.69 Å². The smallest absolute Gasteiger partial charge is 0.355 e. The summed E-state index contributed by atoms with van der Waals surface area (Å²) in [5, 5.41) is 0. The second-order valence-electron chi connectivity index (χ2n) is 6.16. The minimum Gasteiger partial charge on any atom is -0.461 e. The van der Waals surface area contributed by atoms with Crippen molar-refractivity contribution < 1.29 is 23.9 Å². The Labute approximate surface area is 152 Å². The highest BCUT2D eigenvalue weighted by molar-refractivity contribution is 6.02. The van der Waals surface area contributed by atoms with Gasteiger partial charge in [0.25, 0.3) is 0 Å². The van der Waals surface area contributed by atoms with E-state index in [-0.39, 0.29) is 30.3 Å². The summed E-state index contributed by atoms with van der Waals surface area (Å²) in [5.41, 5.74) is 3.74. The van der Waals surface area contributed by atoms with Gasteiger partial charge in [0, 0.05) is 11.3 Å². The number of hydrogen-bond donors (Lipinski definition) is 1. The van der Waals surface area contributed by atoms with Crippen LogP contribution in [-0.4, -0.2) is 35.9 Å². The lowest BCUT2D eigenvalue weighted by Gasteiger charge is -2.08. The molecule has 0 atom stereocenters. The summed E-state index contributed by atoms with van der Waals surface area (Å²) >= 11 is 0. The summed E-state index contributed by atoms with van der Waals surface area (Å²) in [6, 6.07) is 5.55. The molecule has 0 unspecified atom stereocenters. The molecular weight excluding hydrogens is 334 g/mol. The third kappa shape index (κ3) is 4.02. The van der Waals surface area contributed by atoms with Crippen LogP contribution in [0.3, 0.4) is 0 Å². The Morgan fingerprint density at radius 2 is 1.69 bits per heavy atom. The maximum absolute atomic E-state index is 12.4. The van der Waals surface area contributed by atoms with Gasteiger partial charge in [-0.15, -0.1) is 0 Å². The molecular formula is C20H23NO5. The minimum atomic E-state index is -0.648. The number of ether oxygens (including phenoxy) is 2. The van der Waals surface area contributed by atoms with Gasteiger partial charge in [-0.2, -0.15) is 0 Å². The number of esters is 2. The molecule has 6 heteroatoms. The first-order chi connectivity index (χ1) is 12.3. The van der Waals surface area contributed by atoms with Crippen molar-refractivity contribution in [2.45, 2.75) is 34.6 Å². The van der Waals surface area contributed by atoms with E-state index in [1.165, 1.54) is 0 Å². The van der Waals surface area contributed by atoms with E-state index in [1.807, 2.05) is 26.0 Å². The maximum Gasteiger partial charge on any atom is 0.355 e. The molecule has 2 rings (SSSR count). The molecule has 138 valence electrons. The van der Waals surface area contributed by atoms with Crippen LogP contribution in [0.2, 0.25) is 0 Å². The fourth-order valence-electron chi connectivity index (χ4n) is 2.78. The highest BCUT2D eigenvalue weighted by atomic mass is 16.5. The first-order valence-corrected chi connectivity index (χ1v) is 8.40. The lowest BCUT2D eigenvalue weighted by atomic mass is 10.0. The molecule has 1 heterocycles. The van der Waals surface area contributed by atoms with Gasteiger partial charge in [0.05, 0.1) is 12.2 Å². The predicted octanol–water partition coefficient (Wildman–Crippen LogP) is 3.46. The van der Waals surface area contributed by atoms with Crippen LogP contribution in [0.5, 0.6) is 0 Å². The van der Waals surface area contributed by atoms with E-state index in [0.29, 0.717) is 16.8 Å². The van der Waals surface area contributed by atoms with Crippen molar-refractivity contribution >= 4 is 17.7 Å². The predicted molar refractivity (Wildman–Crippen MR) is 96.8 cm³/mol. The Morgan fingerprint density at radius 3 is 2.35 bits per heavy atom. The van der Waals surface area contributed by atoms with Gasteiger partial charge in [-0.1, -0.05) is 17.7 Å². The Kier molecular flexibility index (Phi) is 5.97. The molecule has 26 heavy (non-hydrogen) atoms. The van der Waals surface area contributed by atoms with Crippen LogP contribution in [0.1, 0.15) is 60.5 Å². The largest absolute Gasteiger partial charge is 0.461 e. The standard InChI is InChI=1S/C20H23NO5/c1-6-25-20(24)18-13(4)17(14(5)21-18)19(23)26-10-16(22)15-9-11(2)7-8-12(15)3/h7-9,21H,6,10H2,1-5H3. The number of ketones is 1. The van der Waals surface area contributed by atoms with Gasteiger partial charge in [0.15, 0.2) is 6.61 Å². The van der Waals surface area contributed by atoms with Crippen molar-refractivity contribution in [1.82, 2.24) is 4.98 Å². The first kappa shape index (κ1) is 19.4. The van der Waals surface area contributed by atoms with Gasteiger partial charge in [0.2, 0.25) is 5.78 Å². The zero-order valence-corrected chi connectivity index (χ0v) is 15.7. The van der Waals surface area contributed by atoms with E-state index in [9.17, 15) is 14.4 Å². The molecule has 1 N–H and O–H groups in total. The summed E-state index contributed by atoms with van der Waals surface area (Å²) in [4.78, 5) is 39.6. The van der Waals surface area contributed by atoms with E-state index >= 15 is 0 Å². The van der Waals surface area contributed by atoms with Crippen molar-refractivity contribution in [3.8, 4) is 0 Å². The van der Waals surface area contributed by atoms with Crippen molar-refractivity contribution in [1.29, 1.82) is 0 Å². The first-order valence-electron chi connectivity index (χ1n) is 8.40. The van der Waals surface area contributed by atoms with Gasteiger partial charge in [-0.05, 0) is 51.8 Å². The molecule has 0 bridgehead atoms. The second-order valence-corrected chi connectivity index (χ2v) is 6.16. The number of carbonyl (C=O) groups excluding carboxylic acids is 3. The van der Waals surface area contributed by atoms with Gasteiger partial charge >= 0.3 is 11.9 Å². The van der Waals surface area contributed by atoms with Crippen LogP contribution in [0, 0.1) is 27.7 Å². The molecule has 0 spiro atoms. The Balaban J connectivity index is 2.14. The lowest BCUT2D eigenvalue weighted by Crippen LogP contribution is -2.16. The molecule has 0 aliphatic carbocycles. The molecule has 0 aliphatic heterocycles. The molecule has 0 radical (unpaired) electrons. The van der Waals surface area contributed by atoms with Crippen molar-refractivity contribution in [3.63, 3.8) is 0 Å². The molecule has 2 aromatic rings. The van der Waals surface area contributed by atoms with Crippen molar-refractivity contribution in [3.05, 3.63) is 57.4 Å². The van der Waals surface area contributed by atoms with Crippen LogP contribution in [0.15, 0.2) is 18.2 Å². The number of carbonyl (C=O) groups is 3. The highest BCUT2D eigenvalue weighted by Gasteiger charge is 2.24. The quantitative estimate of drug-likeness (QED) is 0.632. The molecule has 6 nitrogen and oxygen atoms in total. The van der Waals surface area contributed by atoms with Gasteiger partial charge in [-0.25, -0.2) is 9.59 Å². The molecule has 1 aromatic heterocycles. The molecule has 0 saturated carbocycles. The number of Topliss-reactive ketones (excluding diaryl/α,β-unsaturated/α-hetero) is 1. The second kappa shape index (κ2) is 7.99. The van der Waals surface area contributed by atoms with Gasteiger partial charge < -0.3 is 14.5 Å². The zero-order valence-electron chi connectivity index (χ0n) is 15.7. The van der Waals surface area contributed by atoms with Crippen molar-refractivity contribution in [2.24, 2.45) is 0 Å². The van der Waals surface area contributed by atoms with E-state index in [0.717, 1.165) is 11.1 Å². The number of hydrogen-bond acceptors (Lipinski definition) is 5. The Morgan fingerprint density at radius 1 is 1.00 bits per heavy atom. The monoisotopic (exact) mass is 357 g/mol. The fourth-order valence-corrected chi connectivity index (χ4v) is 2.78. The van der Waals surface area contributed by atoms with E-state index in [2.05, 4.69) is 4.98 Å². The van der Waals surface area contributed by atoms with Crippen molar-refractivity contribution in [2.75, 3.05) is 13.2 Å². The summed E-state index contributed by atoms with van der Waals surface area (Å²) in [6.45, 7) is 8.61. The Hall–Kier alpha value is -2.89. The van der Waals surface area contributed by atoms with E-state index < -0.39 is 11.9 Å². The summed E-state index contributed by atoms with van der Waals surface area (Å²) in [6.07, 6.45) is 0. The third-order valence-corrected chi connectivity index (χ3v) is 4.15. The fraction of sp³-hybridized carbons (Fsp3) is 0.350. The number of nitrogens with one attached hydrogen (secondary N) is 1. The SMILES string of the molecule is CCOC(=O)c1[nH]c(C)c(C(=O)OCC(=O)c2cc(C)ccc2C)c1C. The van der Waals surface area contributed by atoms with Crippen LogP contribution in [0.4, 0.5) is 0 Å².